The van der Waals surface area contributed by atoms with Crippen molar-refractivity contribution in [2.24, 2.45) is 5.41 Å². The highest BCUT2D eigenvalue weighted by molar-refractivity contribution is 5.52. The Kier molecular flexibility index (Phi) is 4.78. The second kappa shape index (κ2) is 6.81. The van der Waals surface area contributed by atoms with E-state index in [1.807, 2.05) is 24.3 Å². The van der Waals surface area contributed by atoms with Crippen LogP contribution in [0.2, 0.25) is 0 Å². The van der Waals surface area contributed by atoms with Crippen molar-refractivity contribution >= 4 is 0 Å². The molecule has 5 nitrogen and oxygen atoms in total. The third-order valence-electron chi connectivity index (χ3n) is 5.13. The van der Waals surface area contributed by atoms with E-state index in [9.17, 15) is 5.11 Å². The Bertz CT molecular complexity index is 622. The summed E-state index contributed by atoms with van der Waals surface area (Å²) < 4.78 is 5.80. The first-order chi connectivity index (χ1) is 11.1. The average molecular weight is 315 g/mol. The highest BCUT2D eigenvalue weighted by atomic mass is 16.4. The van der Waals surface area contributed by atoms with Gasteiger partial charge in [-0.2, -0.15) is 0 Å². The van der Waals surface area contributed by atoms with Gasteiger partial charge in [-0.25, -0.2) is 0 Å². The molecule has 3 rings (SSSR count). The molecule has 0 amide bonds. The van der Waals surface area contributed by atoms with Crippen LogP contribution in [0.4, 0.5) is 0 Å². The molecule has 0 bridgehead atoms. The van der Waals surface area contributed by atoms with Crippen LogP contribution < -0.4 is 0 Å². The van der Waals surface area contributed by atoms with Gasteiger partial charge in [0.15, 0.2) is 0 Å². The second-order valence-electron chi connectivity index (χ2n) is 6.65. The fourth-order valence-electron chi connectivity index (χ4n) is 3.13. The summed E-state index contributed by atoms with van der Waals surface area (Å²) in [6.07, 6.45) is 3.09. The molecular formula is C18H25N3O2. The van der Waals surface area contributed by atoms with E-state index in [1.165, 1.54) is 5.56 Å². The molecule has 1 aliphatic rings. The summed E-state index contributed by atoms with van der Waals surface area (Å²) in [6.45, 7) is 7.13. The van der Waals surface area contributed by atoms with E-state index in [2.05, 4.69) is 28.9 Å². The number of nitrogens with zero attached hydrogens (tertiary/aromatic N) is 3. The van der Waals surface area contributed by atoms with Crippen molar-refractivity contribution < 1.29 is 9.52 Å². The minimum atomic E-state index is 0.110. The number of likely N-dealkylation sites (tertiary alicyclic amines) is 1. The summed E-state index contributed by atoms with van der Waals surface area (Å²) in [5.41, 5.74) is 2.28. The molecule has 1 aliphatic heterocycles. The third kappa shape index (κ3) is 3.62. The molecule has 2 aromatic rings. The average Bonchev–Trinajstić information content (AvgIpc) is 3.05. The van der Waals surface area contributed by atoms with E-state index in [1.54, 1.807) is 0 Å². The van der Waals surface area contributed by atoms with Crippen LogP contribution in [0.5, 0.6) is 0 Å². The van der Waals surface area contributed by atoms with Crippen LogP contribution in [0.3, 0.4) is 0 Å². The summed E-state index contributed by atoms with van der Waals surface area (Å²) in [4.78, 5) is 2.33. The molecule has 1 aromatic heterocycles. The Hall–Kier alpha value is -1.72. The maximum Gasteiger partial charge on any atom is 0.247 e. The molecule has 0 spiro atoms. The van der Waals surface area contributed by atoms with Crippen LogP contribution >= 0.6 is 0 Å². The van der Waals surface area contributed by atoms with Crippen molar-refractivity contribution in [1.29, 1.82) is 0 Å². The predicted octanol–water partition coefficient (Wildman–Crippen LogP) is 3.03. The van der Waals surface area contributed by atoms with Gasteiger partial charge in [0, 0.05) is 12.2 Å². The quantitative estimate of drug-likeness (QED) is 0.919. The molecule has 1 saturated heterocycles. The number of aliphatic hydroxyl groups is 1. The first kappa shape index (κ1) is 16.1. The zero-order chi connectivity index (χ0) is 16.3. The lowest BCUT2D eigenvalue weighted by Crippen LogP contribution is -2.41. The van der Waals surface area contributed by atoms with Gasteiger partial charge < -0.3 is 9.52 Å². The number of benzene rings is 1. The first-order valence-electron chi connectivity index (χ1n) is 8.37. The van der Waals surface area contributed by atoms with Crippen LogP contribution in [0, 0.1) is 12.3 Å². The molecule has 1 N–H and O–H groups in total. The number of hydrogen-bond acceptors (Lipinski definition) is 5. The van der Waals surface area contributed by atoms with Crippen molar-refractivity contribution in [1.82, 2.24) is 15.1 Å². The van der Waals surface area contributed by atoms with Gasteiger partial charge in [-0.1, -0.05) is 24.6 Å². The summed E-state index contributed by atoms with van der Waals surface area (Å²) >= 11 is 0. The van der Waals surface area contributed by atoms with Gasteiger partial charge in [0.1, 0.15) is 0 Å². The van der Waals surface area contributed by atoms with Gasteiger partial charge in [-0.3, -0.25) is 4.90 Å². The Morgan fingerprint density at radius 3 is 2.48 bits per heavy atom. The predicted molar refractivity (Wildman–Crippen MR) is 88.8 cm³/mol. The van der Waals surface area contributed by atoms with Crippen molar-refractivity contribution in [3.05, 3.63) is 35.7 Å². The van der Waals surface area contributed by atoms with E-state index >= 15 is 0 Å². The summed E-state index contributed by atoms with van der Waals surface area (Å²) in [6, 6.07) is 8.10. The zero-order valence-corrected chi connectivity index (χ0v) is 14.0. The number of aryl methyl sites for hydroxylation is 1. The molecule has 0 unspecified atom stereocenters. The number of rotatable bonds is 5. The van der Waals surface area contributed by atoms with Gasteiger partial charge in [0.2, 0.25) is 11.8 Å². The lowest BCUT2D eigenvalue weighted by molar-refractivity contribution is 0.0355. The van der Waals surface area contributed by atoms with E-state index in [0.29, 0.717) is 18.3 Å². The topological polar surface area (TPSA) is 62.4 Å². The number of hydrogen-bond donors (Lipinski definition) is 1. The molecule has 0 aliphatic carbocycles. The summed E-state index contributed by atoms with van der Waals surface area (Å²) in [7, 11) is 0. The van der Waals surface area contributed by atoms with Crippen molar-refractivity contribution in [2.75, 3.05) is 19.7 Å². The number of aromatic nitrogens is 2. The van der Waals surface area contributed by atoms with E-state index in [0.717, 1.165) is 37.9 Å². The molecule has 124 valence electrons. The number of piperidine rings is 1. The molecular weight excluding hydrogens is 290 g/mol. The smallest absolute Gasteiger partial charge is 0.247 e. The van der Waals surface area contributed by atoms with Crippen LogP contribution in [0.1, 0.15) is 37.6 Å². The van der Waals surface area contributed by atoms with Crippen LogP contribution in [0.25, 0.3) is 11.5 Å². The highest BCUT2D eigenvalue weighted by Crippen LogP contribution is 2.34. The van der Waals surface area contributed by atoms with Crippen LogP contribution in [-0.4, -0.2) is 39.9 Å². The maximum absolute atomic E-state index is 9.61. The largest absolute Gasteiger partial charge is 0.419 e. The molecule has 0 atom stereocenters. The summed E-state index contributed by atoms with van der Waals surface area (Å²) in [5.74, 6) is 1.24. The fourth-order valence-corrected chi connectivity index (χ4v) is 3.13. The van der Waals surface area contributed by atoms with Gasteiger partial charge in [0.05, 0.1) is 6.54 Å². The Balaban J connectivity index is 1.61. The minimum absolute atomic E-state index is 0.110. The van der Waals surface area contributed by atoms with E-state index in [-0.39, 0.29) is 12.0 Å². The van der Waals surface area contributed by atoms with Crippen molar-refractivity contribution in [3.63, 3.8) is 0 Å². The molecule has 23 heavy (non-hydrogen) atoms. The Morgan fingerprint density at radius 2 is 1.87 bits per heavy atom. The fraction of sp³-hybridized carbons (Fsp3) is 0.556. The minimum Gasteiger partial charge on any atom is -0.419 e. The molecule has 1 fully saturated rings. The lowest BCUT2D eigenvalue weighted by atomic mass is 9.77. The monoisotopic (exact) mass is 315 g/mol. The van der Waals surface area contributed by atoms with Crippen molar-refractivity contribution in [3.8, 4) is 11.5 Å². The molecule has 5 heteroatoms. The molecule has 0 saturated carbocycles. The van der Waals surface area contributed by atoms with E-state index in [4.69, 9.17) is 4.42 Å². The highest BCUT2D eigenvalue weighted by Gasteiger charge is 2.32. The lowest BCUT2D eigenvalue weighted by Gasteiger charge is -2.39. The Labute approximate surface area is 137 Å². The summed E-state index contributed by atoms with van der Waals surface area (Å²) in [5, 5.41) is 17.9. The van der Waals surface area contributed by atoms with Gasteiger partial charge >= 0.3 is 0 Å². The van der Waals surface area contributed by atoms with E-state index < -0.39 is 0 Å². The zero-order valence-electron chi connectivity index (χ0n) is 14.0. The third-order valence-corrected chi connectivity index (χ3v) is 5.13. The Morgan fingerprint density at radius 1 is 1.17 bits per heavy atom. The normalized spacial score (nSPS) is 18.2. The van der Waals surface area contributed by atoms with Crippen LogP contribution in [-0.2, 0) is 6.54 Å². The second-order valence-corrected chi connectivity index (χ2v) is 6.65. The van der Waals surface area contributed by atoms with Gasteiger partial charge in [-0.15, -0.1) is 10.2 Å². The van der Waals surface area contributed by atoms with Gasteiger partial charge in [-0.05, 0) is 56.8 Å². The molecule has 1 aromatic carbocycles. The van der Waals surface area contributed by atoms with Crippen LogP contribution in [0.15, 0.2) is 28.7 Å². The van der Waals surface area contributed by atoms with Gasteiger partial charge in [0.25, 0.3) is 0 Å². The SMILES string of the molecule is CCC1(CO)CCN(Cc2nnc(-c3ccc(C)cc3)o2)CC1. The standard InChI is InChI=1S/C18H25N3O2/c1-3-18(13-22)8-10-21(11-9-18)12-16-19-20-17(23-16)15-6-4-14(2)5-7-15/h4-7,22H,3,8-13H2,1-2H3. The maximum atomic E-state index is 9.61. The molecule has 2 heterocycles. The molecule has 0 radical (unpaired) electrons. The number of aliphatic hydroxyl groups excluding tert-OH is 1. The first-order valence-corrected chi connectivity index (χ1v) is 8.37. The van der Waals surface area contributed by atoms with Crippen molar-refractivity contribution in [2.45, 2.75) is 39.7 Å².